The van der Waals surface area contributed by atoms with E-state index in [1.165, 1.54) is 6.20 Å². The summed E-state index contributed by atoms with van der Waals surface area (Å²) in [4.78, 5) is 12.1. The average Bonchev–Trinajstić information content (AvgIpc) is 2.89. The highest BCUT2D eigenvalue weighted by Crippen LogP contribution is 2.20. The number of nitrogens with zero attached hydrogens (tertiary/aromatic N) is 2. The predicted molar refractivity (Wildman–Crippen MR) is 69.3 cm³/mol. The molecule has 1 amide bonds. The standard InChI is InChI=1S/C12H13N3O2S/c1-2-17-11(9-6-4-3-5-7-9)12(16)14-10-8-13-15-18-10/h3-8,11H,2H2,1H3,(H,14,16)/t11-/m0/s1. The van der Waals surface area contributed by atoms with Gasteiger partial charge in [-0.3, -0.25) is 4.79 Å². The molecule has 1 N–H and O–H groups in total. The van der Waals surface area contributed by atoms with Crippen molar-refractivity contribution in [1.82, 2.24) is 9.59 Å². The first-order valence-electron chi connectivity index (χ1n) is 5.56. The summed E-state index contributed by atoms with van der Waals surface area (Å²) in [7, 11) is 0. The summed E-state index contributed by atoms with van der Waals surface area (Å²) >= 11 is 1.13. The molecule has 0 aliphatic heterocycles. The predicted octanol–water partition coefficient (Wildman–Crippen LogP) is 2.25. The van der Waals surface area contributed by atoms with Crippen LogP contribution in [0.4, 0.5) is 5.00 Å². The largest absolute Gasteiger partial charge is 0.364 e. The molecule has 1 heterocycles. The lowest BCUT2D eigenvalue weighted by Gasteiger charge is -2.16. The van der Waals surface area contributed by atoms with Gasteiger partial charge in [0, 0.05) is 18.1 Å². The quantitative estimate of drug-likeness (QED) is 0.898. The Morgan fingerprint density at radius 2 is 2.22 bits per heavy atom. The number of rotatable bonds is 5. The van der Waals surface area contributed by atoms with Crippen molar-refractivity contribution in [2.75, 3.05) is 11.9 Å². The van der Waals surface area contributed by atoms with Gasteiger partial charge >= 0.3 is 0 Å². The molecule has 1 aromatic carbocycles. The zero-order chi connectivity index (χ0) is 12.8. The molecule has 0 bridgehead atoms. The number of hydrogen-bond acceptors (Lipinski definition) is 5. The summed E-state index contributed by atoms with van der Waals surface area (Å²) in [5.74, 6) is -0.214. The van der Waals surface area contributed by atoms with Crippen molar-refractivity contribution in [1.29, 1.82) is 0 Å². The lowest BCUT2D eigenvalue weighted by molar-refractivity contribution is -0.127. The van der Waals surface area contributed by atoms with Gasteiger partial charge in [-0.25, -0.2) is 0 Å². The Hall–Kier alpha value is -1.79. The minimum atomic E-state index is -0.613. The van der Waals surface area contributed by atoms with Crippen molar-refractivity contribution in [3.8, 4) is 0 Å². The number of ether oxygens (including phenoxy) is 1. The highest BCUT2D eigenvalue weighted by atomic mass is 32.1. The fourth-order valence-electron chi connectivity index (χ4n) is 1.53. The van der Waals surface area contributed by atoms with Gasteiger partial charge in [-0.15, -0.1) is 5.10 Å². The second-order valence-electron chi connectivity index (χ2n) is 3.52. The maximum Gasteiger partial charge on any atom is 0.258 e. The SMILES string of the molecule is CCO[C@H](C(=O)Nc1cnns1)c1ccccc1. The Balaban J connectivity index is 2.12. The number of benzene rings is 1. The summed E-state index contributed by atoms with van der Waals surface area (Å²) < 4.78 is 9.18. The molecule has 0 unspecified atom stereocenters. The van der Waals surface area contributed by atoms with Gasteiger partial charge in [0.15, 0.2) is 6.10 Å². The van der Waals surface area contributed by atoms with Gasteiger partial charge in [0.2, 0.25) is 0 Å². The van der Waals surface area contributed by atoms with Crippen molar-refractivity contribution >= 4 is 22.4 Å². The number of carbonyl (C=O) groups excluding carboxylic acids is 1. The van der Waals surface area contributed by atoms with Crippen molar-refractivity contribution in [2.24, 2.45) is 0 Å². The molecule has 0 spiro atoms. The molecular weight excluding hydrogens is 250 g/mol. The van der Waals surface area contributed by atoms with Crippen LogP contribution in [0.3, 0.4) is 0 Å². The van der Waals surface area contributed by atoms with E-state index in [0.717, 1.165) is 17.1 Å². The van der Waals surface area contributed by atoms with Gasteiger partial charge in [-0.05, 0) is 12.5 Å². The summed E-state index contributed by atoms with van der Waals surface area (Å²) in [5, 5.41) is 7.01. The van der Waals surface area contributed by atoms with Gasteiger partial charge in [-0.2, -0.15) is 0 Å². The molecule has 18 heavy (non-hydrogen) atoms. The van der Waals surface area contributed by atoms with Crippen molar-refractivity contribution in [2.45, 2.75) is 13.0 Å². The Morgan fingerprint density at radius 1 is 1.44 bits per heavy atom. The van der Waals surface area contributed by atoms with E-state index in [1.807, 2.05) is 37.3 Å². The molecule has 0 aliphatic carbocycles. The summed E-state index contributed by atoms with van der Waals surface area (Å²) in [5.41, 5.74) is 0.828. The molecule has 0 radical (unpaired) electrons. The van der Waals surface area contributed by atoms with E-state index in [1.54, 1.807) is 0 Å². The Bertz CT molecular complexity index is 487. The van der Waals surface area contributed by atoms with E-state index < -0.39 is 6.10 Å². The highest BCUT2D eigenvalue weighted by molar-refractivity contribution is 7.10. The molecule has 2 aromatic rings. The second kappa shape index (κ2) is 6.23. The van der Waals surface area contributed by atoms with Gasteiger partial charge in [0.1, 0.15) is 5.00 Å². The van der Waals surface area contributed by atoms with Crippen LogP contribution in [0.5, 0.6) is 0 Å². The molecule has 1 atom stereocenters. The Morgan fingerprint density at radius 3 is 2.83 bits per heavy atom. The number of aromatic nitrogens is 2. The number of carbonyl (C=O) groups is 1. The zero-order valence-corrected chi connectivity index (χ0v) is 10.7. The lowest BCUT2D eigenvalue weighted by atomic mass is 10.1. The normalized spacial score (nSPS) is 12.1. The van der Waals surface area contributed by atoms with E-state index in [0.29, 0.717) is 11.6 Å². The third kappa shape index (κ3) is 3.12. The summed E-state index contributed by atoms with van der Waals surface area (Å²) in [6, 6.07) is 9.39. The van der Waals surface area contributed by atoms with Crippen molar-refractivity contribution in [3.05, 3.63) is 42.1 Å². The number of nitrogens with one attached hydrogen (secondary N) is 1. The Labute approximate surface area is 109 Å². The molecule has 0 saturated carbocycles. The van der Waals surface area contributed by atoms with E-state index >= 15 is 0 Å². The molecule has 2 rings (SSSR count). The van der Waals surface area contributed by atoms with E-state index in [-0.39, 0.29) is 5.91 Å². The van der Waals surface area contributed by atoms with Crippen LogP contribution in [0.15, 0.2) is 36.5 Å². The van der Waals surface area contributed by atoms with Crippen LogP contribution in [0, 0.1) is 0 Å². The first kappa shape index (κ1) is 12.7. The molecule has 0 fully saturated rings. The van der Waals surface area contributed by atoms with Gasteiger partial charge in [0.25, 0.3) is 5.91 Å². The monoisotopic (exact) mass is 263 g/mol. The van der Waals surface area contributed by atoms with Gasteiger partial charge < -0.3 is 10.1 Å². The van der Waals surface area contributed by atoms with E-state index in [9.17, 15) is 4.79 Å². The highest BCUT2D eigenvalue weighted by Gasteiger charge is 2.21. The van der Waals surface area contributed by atoms with E-state index in [4.69, 9.17) is 4.74 Å². The first-order valence-corrected chi connectivity index (χ1v) is 6.33. The average molecular weight is 263 g/mol. The van der Waals surface area contributed by atoms with Crippen molar-refractivity contribution in [3.63, 3.8) is 0 Å². The zero-order valence-electron chi connectivity index (χ0n) is 9.87. The van der Waals surface area contributed by atoms with Crippen LogP contribution in [0.1, 0.15) is 18.6 Å². The topological polar surface area (TPSA) is 64.1 Å². The third-order valence-corrected chi connectivity index (χ3v) is 2.86. The van der Waals surface area contributed by atoms with Crippen LogP contribution < -0.4 is 5.32 Å². The van der Waals surface area contributed by atoms with Crippen molar-refractivity contribution < 1.29 is 9.53 Å². The van der Waals surface area contributed by atoms with Crippen LogP contribution >= 0.6 is 11.5 Å². The van der Waals surface area contributed by atoms with Gasteiger partial charge in [0.05, 0.1) is 6.20 Å². The molecule has 6 heteroatoms. The minimum Gasteiger partial charge on any atom is -0.364 e. The van der Waals surface area contributed by atoms with E-state index in [2.05, 4.69) is 14.9 Å². The van der Waals surface area contributed by atoms with Crippen LogP contribution in [-0.4, -0.2) is 22.1 Å². The molecule has 1 aromatic heterocycles. The summed E-state index contributed by atoms with van der Waals surface area (Å²) in [6.45, 7) is 2.32. The maximum atomic E-state index is 12.1. The molecule has 94 valence electrons. The Kier molecular flexibility index (Phi) is 4.38. The third-order valence-electron chi connectivity index (χ3n) is 2.28. The molecule has 0 saturated heterocycles. The second-order valence-corrected chi connectivity index (χ2v) is 4.30. The summed E-state index contributed by atoms with van der Waals surface area (Å²) in [6.07, 6.45) is 0.898. The smallest absolute Gasteiger partial charge is 0.258 e. The molecule has 5 nitrogen and oxygen atoms in total. The van der Waals surface area contributed by atoms with Crippen LogP contribution in [-0.2, 0) is 9.53 Å². The minimum absolute atomic E-state index is 0.214. The molecule has 0 aliphatic rings. The lowest BCUT2D eigenvalue weighted by Crippen LogP contribution is -2.23. The fraction of sp³-hybridized carbons (Fsp3) is 0.250. The van der Waals surface area contributed by atoms with Crippen LogP contribution in [0.25, 0.3) is 0 Å². The number of anilines is 1. The number of hydrogen-bond donors (Lipinski definition) is 1. The molecular formula is C12H13N3O2S. The fourth-order valence-corrected chi connectivity index (χ4v) is 1.95. The maximum absolute atomic E-state index is 12.1. The van der Waals surface area contributed by atoms with Gasteiger partial charge in [-0.1, -0.05) is 34.8 Å². The number of amides is 1. The van der Waals surface area contributed by atoms with Crippen LogP contribution in [0.2, 0.25) is 0 Å². The first-order chi connectivity index (χ1) is 8.81.